The third-order valence-electron chi connectivity index (χ3n) is 3.40. The fourth-order valence-corrected chi connectivity index (χ4v) is 2.34. The first-order valence-corrected chi connectivity index (χ1v) is 6.80. The standard InChI is InChI=1S/C18H17N3/c19-15-11-12-18(21(20)16-9-5-2-6-10-16)17(13-15)14-7-3-1-4-8-14/h1-13H,19-20H2. The van der Waals surface area contributed by atoms with Crippen molar-refractivity contribution in [3.05, 3.63) is 78.9 Å². The number of para-hydroxylation sites is 1. The number of hydrogen-bond donors (Lipinski definition) is 2. The van der Waals surface area contributed by atoms with Crippen LogP contribution in [0.15, 0.2) is 78.9 Å². The zero-order valence-corrected chi connectivity index (χ0v) is 11.6. The third kappa shape index (κ3) is 2.73. The quantitative estimate of drug-likeness (QED) is 0.432. The van der Waals surface area contributed by atoms with Crippen LogP contribution in [-0.4, -0.2) is 0 Å². The molecular weight excluding hydrogens is 258 g/mol. The van der Waals surface area contributed by atoms with Crippen LogP contribution < -0.4 is 16.6 Å². The molecule has 21 heavy (non-hydrogen) atoms. The molecule has 0 aliphatic heterocycles. The molecule has 0 spiro atoms. The summed E-state index contributed by atoms with van der Waals surface area (Å²) in [5, 5.41) is 1.68. The van der Waals surface area contributed by atoms with E-state index in [0.29, 0.717) is 0 Å². The molecule has 3 heteroatoms. The van der Waals surface area contributed by atoms with Gasteiger partial charge in [0.05, 0.1) is 11.4 Å². The molecule has 3 nitrogen and oxygen atoms in total. The van der Waals surface area contributed by atoms with Gasteiger partial charge in [0.25, 0.3) is 0 Å². The van der Waals surface area contributed by atoms with Gasteiger partial charge in [-0.25, -0.2) is 5.84 Å². The van der Waals surface area contributed by atoms with Crippen molar-refractivity contribution in [1.29, 1.82) is 0 Å². The molecule has 3 rings (SSSR count). The average molecular weight is 275 g/mol. The fraction of sp³-hybridized carbons (Fsp3) is 0. The summed E-state index contributed by atoms with van der Waals surface area (Å²) in [6, 6.07) is 25.7. The SMILES string of the molecule is Nc1ccc(N(N)c2ccccc2)c(-c2ccccc2)c1. The number of nitrogens with two attached hydrogens (primary N) is 2. The van der Waals surface area contributed by atoms with Gasteiger partial charge in [0.15, 0.2) is 0 Å². The second-order valence-electron chi connectivity index (χ2n) is 4.85. The van der Waals surface area contributed by atoms with Crippen LogP contribution in [-0.2, 0) is 0 Å². The van der Waals surface area contributed by atoms with Crippen LogP contribution in [0.1, 0.15) is 0 Å². The smallest absolute Gasteiger partial charge is 0.0655 e. The molecule has 3 aromatic rings. The minimum Gasteiger partial charge on any atom is -0.399 e. The second kappa shape index (κ2) is 5.69. The normalized spacial score (nSPS) is 10.3. The van der Waals surface area contributed by atoms with E-state index in [4.69, 9.17) is 11.6 Å². The zero-order chi connectivity index (χ0) is 14.7. The lowest BCUT2D eigenvalue weighted by Gasteiger charge is -2.22. The van der Waals surface area contributed by atoms with Gasteiger partial charge in [0, 0.05) is 11.3 Å². The molecule has 0 unspecified atom stereocenters. The van der Waals surface area contributed by atoms with Crippen LogP contribution in [0.5, 0.6) is 0 Å². The van der Waals surface area contributed by atoms with Gasteiger partial charge in [-0.15, -0.1) is 0 Å². The number of hydrogen-bond acceptors (Lipinski definition) is 3. The molecule has 4 N–H and O–H groups in total. The Labute approximate surface area is 124 Å². The Kier molecular flexibility index (Phi) is 3.58. The van der Waals surface area contributed by atoms with Gasteiger partial charge in [0.2, 0.25) is 0 Å². The molecule has 0 heterocycles. The first-order chi connectivity index (χ1) is 10.3. The number of rotatable bonds is 3. The van der Waals surface area contributed by atoms with Crippen LogP contribution in [0.25, 0.3) is 11.1 Å². The van der Waals surface area contributed by atoms with Crippen molar-refractivity contribution in [3.8, 4) is 11.1 Å². The molecule has 0 bridgehead atoms. The summed E-state index contributed by atoms with van der Waals surface area (Å²) in [5.74, 6) is 6.30. The van der Waals surface area contributed by atoms with Crippen molar-refractivity contribution in [3.63, 3.8) is 0 Å². The van der Waals surface area contributed by atoms with E-state index in [1.165, 1.54) is 0 Å². The van der Waals surface area contributed by atoms with E-state index in [1.807, 2.05) is 66.7 Å². The minimum atomic E-state index is 0.721. The molecule has 0 aliphatic rings. The summed E-state index contributed by atoms with van der Waals surface area (Å²) in [6.07, 6.45) is 0. The molecule has 0 aliphatic carbocycles. The third-order valence-corrected chi connectivity index (χ3v) is 3.40. The maximum Gasteiger partial charge on any atom is 0.0655 e. The molecule has 0 atom stereocenters. The molecule has 0 saturated carbocycles. The van der Waals surface area contributed by atoms with Crippen LogP contribution in [0.2, 0.25) is 0 Å². The van der Waals surface area contributed by atoms with E-state index in [-0.39, 0.29) is 0 Å². The van der Waals surface area contributed by atoms with Gasteiger partial charge in [-0.3, -0.25) is 5.01 Å². The predicted molar refractivity (Wildman–Crippen MR) is 89.1 cm³/mol. The summed E-state index contributed by atoms with van der Waals surface area (Å²) in [5.41, 5.74) is 10.6. The van der Waals surface area contributed by atoms with Crippen molar-refractivity contribution in [2.45, 2.75) is 0 Å². The highest BCUT2D eigenvalue weighted by Gasteiger charge is 2.11. The maximum atomic E-state index is 6.30. The number of benzene rings is 3. The monoisotopic (exact) mass is 275 g/mol. The maximum absolute atomic E-state index is 6.30. The Morgan fingerprint density at radius 1 is 0.714 bits per heavy atom. The van der Waals surface area contributed by atoms with Gasteiger partial charge in [-0.2, -0.15) is 0 Å². The number of nitrogen functional groups attached to an aromatic ring is 1. The summed E-state index contributed by atoms with van der Waals surface area (Å²) in [6.45, 7) is 0. The van der Waals surface area contributed by atoms with Crippen molar-refractivity contribution < 1.29 is 0 Å². The topological polar surface area (TPSA) is 55.3 Å². The lowest BCUT2D eigenvalue weighted by Crippen LogP contribution is -2.25. The van der Waals surface area contributed by atoms with Crippen molar-refractivity contribution in [1.82, 2.24) is 0 Å². The van der Waals surface area contributed by atoms with E-state index in [1.54, 1.807) is 5.01 Å². The molecule has 0 fully saturated rings. The molecular formula is C18H17N3. The Hall–Kier alpha value is -2.78. The molecule has 3 aromatic carbocycles. The predicted octanol–water partition coefficient (Wildman–Crippen LogP) is 3.95. The first kappa shape index (κ1) is 13.2. The Morgan fingerprint density at radius 3 is 2.00 bits per heavy atom. The summed E-state index contributed by atoms with van der Waals surface area (Å²) >= 11 is 0. The highest BCUT2D eigenvalue weighted by molar-refractivity contribution is 5.84. The lowest BCUT2D eigenvalue weighted by molar-refractivity contribution is 1.09. The number of hydrazine groups is 1. The lowest BCUT2D eigenvalue weighted by atomic mass is 10.0. The van der Waals surface area contributed by atoms with Crippen molar-refractivity contribution in [2.24, 2.45) is 5.84 Å². The molecule has 0 saturated heterocycles. The van der Waals surface area contributed by atoms with Gasteiger partial charge >= 0.3 is 0 Å². The van der Waals surface area contributed by atoms with Gasteiger partial charge in [-0.1, -0.05) is 48.5 Å². The minimum absolute atomic E-state index is 0.721. The Balaban J connectivity index is 2.11. The van der Waals surface area contributed by atoms with Gasteiger partial charge in [-0.05, 0) is 35.9 Å². The molecule has 0 amide bonds. The van der Waals surface area contributed by atoms with Crippen molar-refractivity contribution in [2.75, 3.05) is 10.7 Å². The Bertz CT molecular complexity index is 724. The van der Waals surface area contributed by atoms with Crippen LogP contribution in [0.4, 0.5) is 17.1 Å². The molecule has 0 aromatic heterocycles. The van der Waals surface area contributed by atoms with E-state index < -0.39 is 0 Å². The van der Waals surface area contributed by atoms with E-state index in [0.717, 1.165) is 28.2 Å². The van der Waals surface area contributed by atoms with E-state index in [2.05, 4.69) is 12.1 Å². The number of nitrogens with zero attached hydrogens (tertiary/aromatic N) is 1. The molecule has 0 radical (unpaired) electrons. The van der Waals surface area contributed by atoms with Crippen LogP contribution >= 0.6 is 0 Å². The van der Waals surface area contributed by atoms with E-state index in [9.17, 15) is 0 Å². The van der Waals surface area contributed by atoms with Crippen LogP contribution in [0, 0.1) is 0 Å². The summed E-state index contributed by atoms with van der Waals surface area (Å²) < 4.78 is 0. The van der Waals surface area contributed by atoms with Crippen LogP contribution in [0.3, 0.4) is 0 Å². The van der Waals surface area contributed by atoms with Gasteiger partial charge in [0.1, 0.15) is 0 Å². The van der Waals surface area contributed by atoms with Crippen molar-refractivity contribution >= 4 is 17.1 Å². The molecule has 104 valence electrons. The van der Waals surface area contributed by atoms with E-state index >= 15 is 0 Å². The first-order valence-electron chi connectivity index (χ1n) is 6.80. The average Bonchev–Trinajstić information content (AvgIpc) is 2.56. The van der Waals surface area contributed by atoms with Gasteiger partial charge < -0.3 is 5.73 Å². The highest BCUT2D eigenvalue weighted by Crippen LogP contribution is 2.34. The summed E-state index contributed by atoms with van der Waals surface area (Å²) in [4.78, 5) is 0. The zero-order valence-electron chi connectivity index (χ0n) is 11.6. The fourth-order valence-electron chi connectivity index (χ4n) is 2.34. The second-order valence-corrected chi connectivity index (χ2v) is 4.85. The largest absolute Gasteiger partial charge is 0.399 e. The summed E-state index contributed by atoms with van der Waals surface area (Å²) in [7, 11) is 0. The highest BCUT2D eigenvalue weighted by atomic mass is 15.4. The Morgan fingerprint density at radius 2 is 1.33 bits per heavy atom. The number of anilines is 3.